The van der Waals surface area contributed by atoms with Crippen molar-refractivity contribution in [3.05, 3.63) is 0 Å². The van der Waals surface area contributed by atoms with Crippen LogP contribution in [0.15, 0.2) is 0 Å². The minimum absolute atomic E-state index is 0.102. The molecule has 0 spiro atoms. The van der Waals surface area contributed by atoms with E-state index in [2.05, 4.69) is 20.8 Å². The summed E-state index contributed by atoms with van der Waals surface area (Å²) < 4.78 is 5.78. The first-order valence-electron chi connectivity index (χ1n) is 5.30. The molecule has 0 amide bonds. The van der Waals surface area contributed by atoms with Gasteiger partial charge in [-0.25, -0.2) is 0 Å². The Kier molecular flexibility index (Phi) is 3.36. The molecule has 0 aromatic heterocycles. The molecular formula is C11H22O2. The summed E-state index contributed by atoms with van der Waals surface area (Å²) in [6.45, 7) is 8.97. The van der Waals surface area contributed by atoms with Crippen molar-refractivity contribution in [1.82, 2.24) is 0 Å². The fraction of sp³-hybridized carbons (Fsp3) is 1.00. The van der Waals surface area contributed by atoms with Gasteiger partial charge in [0, 0.05) is 0 Å². The highest BCUT2D eigenvalue weighted by atomic mass is 16.5. The summed E-state index contributed by atoms with van der Waals surface area (Å²) in [5.41, 5.74) is 0.102. The van der Waals surface area contributed by atoms with Crippen LogP contribution < -0.4 is 0 Å². The molecule has 1 saturated carbocycles. The van der Waals surface area contributed by atoms with Crippen molar-refractivity contribution in [2.45, 2.75) is 52.2 Å². The number of ether oxygens (including phenoxy) is 1. The minimum atomic E-state index is -0.336. The maximum atomic E-state index is 9.14. The summed E-state index contributed by atoms with van der Waals surface area (Å²) >= 11 is 0. The van der Waals surface area contributed by atoms with Crippen LogP contribution in [0.4, 0.5) is 0 Å². The fourth-order valence-corrected chi connectivity index (χ4v) is 1.75. The number of aliphatic hydroxyl groups excluding tert-OH is 1. The lowest BCUT2D eigenvalue weighted by atomic mass is 9.90. The monoisotopic (exact) mass is 186 g/mol. The molecule has 1 N–H and O–H groups in total. The first kappa shape index (κ1) is 11.0. The van der Waals surface area contributed by atoms with Gasteiger partial charge in [0.25, 0.3) is 0 Å². The molecule has 0 aliphatic heterocycles. The smallest absolute Gasteiger partial charge is 0.0745 e. The highest BCUT2D eigenvalue weighted by molar-refractivity contribution is 5.00. The summed E-state index contributed by atoms with van der Waals surface area (Å²) in [5.74, 6) is 1.27. The highest BCUT2D eigenvalue weighted by Crippen LogP contribution is 2.48. The van der Waals surface area contributed by atoms with Crippen LogP contribution in [0.1, 0.15) is 40.5 Å². The molecule has 0 saturated heterocycles. The van der Waals surface area contributed by atoms with Crippen molar-refractivity contribution in [3.63, 3.8) is 0 Å². The topological polar surface area (TPSA) is 29.5 Å². The van der Waals surface area contributed by atoms with Crippen molar-refractivity contribution < 1.29 is 9.84 Å². The van der Waals surface area contributed by atoms with Crippen LogP contribution in [0, 0.1) is 11.8 Å². The Morgan fingerprint density at radius 3 is 2.08 bits per heavy atom. The van der Waals surface area contributed by atoms with Gasteiger partial charge in [-0.1, -0.05) is 20.8 Å². The average Bonchev–Trinajstić information content (AvgIpc) is 2.80. The third-order valence-electron chi connectivity index (χ3n) is 3.18. The first-order valence-corrected chi connectivity index (χ1v) is 5.30. The quantitative estimate of drug-likeness (QED) is 0.713. The highest BCUT2D eigenvalue weighted by Gasteiger charge is 2.49. The largest absolute Gasteiger partial charge is 0.391 e. The van der Waals surface area contributed by atoms with E-state index in [9.17, 15) is 0 Å². The number of rotatable bonds is 5. The standard InChI is InChI=1S/C11H22O2/c1-8(2)10(4)11(5-6-11)13-7-9(3)12/h8-10,12H,5-7H2,1-4H3. The van der Waals surface area contributed by atoms with Gasteiger partial charge in [0.15, 0.2) is 0 Å². The van der Waals surface area contributed by atoms with Gasteiger partial charge < -0.3 is 9.84 Å². The SMILES string of the molecule is CC(O)COC1(C(C)C(C)C)CC1. The third kappa shape index (κ3) is 2.68. The lowest BCUT2D eigenvalue weighted by Gasteiger charge is -2.27. The lowest BCUT2D eigenvalue weighted by molar-refractivity contribution is -0.0529. The fourth-order valence-electron chi connectivity index (χ4n) is 1.75. The second-order valence-electron chi connectivity index (χ2n) is 4.76. The first-order chi connectivity index (χ1) is 5.98. The normalized spacial score (nSPS) is 24.5. The second-order valence-corrected chi connectivity index (χ2v) is 4.76. The van der Waals surface area contributed by atoms with Crippen LogP contribution in [-0.2, 0) is 4.74 Å². The average molecular weight is 186 g/mol. The molecule has 78 valence electrons. The van der Waals surface area contributed by atoms with Crippen LogP contribution >= 0.6 is 0 Å². The van der Waals surface area contributed by atoms with Crippen molar-refractivity contribution in [3.8, 4) is 0 Å². The van der Waals surface area contributed by atoms with Gasteiger partial charge in [-0.05, 0) is 31.6 Å². The minimum Gasteiger partial charge on any atom is -0.391 e. The van der Waals surface area contributed by atoms with Crippen LogP contribution in [0.3, 0.4) is 0 Å². The molecule has 0 aromatic carbocycles. The summed E-state index contributed by atoms with van der Waals surface area (Å²) in [6.07, 6.45) is 2.00. The molecule has 2 unspecified atom stereocenters. The van der Waals surface area contributed by atoms with Gasteiger partial charge in [0.05, 0.1) is 18.3 Å². The number of aliphatic hydroxyl groups is 1. The van der Waals surface area contributed by atoms with Crippen molar-refractivity contribution in [2.24, 2.45) is 11.8 Å². The summed E-state index contributed by atoms with van der Waals surface area (Å²) in [6, 6.07) is 0. The maximum absolute atomic E-state index is 9.14. The van der Waals surface area contributed by atoms with Crippen molar-refractivity contribution in [1.29, 1.82) is 0 Å². The van der Waals surface area contributed by atoms with Crippen molar-refractivity contribution >= 4 is 0 Å². The Hall–Kier alpha value is -0.0800. The number of hydrogen-bond acceptors (Lipinski definition) is 2. The molecule has 2 nitrogen and oxygen atoms in total. The zero-order chi connectivity index (χ0) is 10.1. The molecule has 0 radical (unpaired) electrons. The van der Waals surface area contributed by atoms with Crippen LogP contribution in [-0.4, -0.2) is 23.4 Å². The third-order valence-corrected chi connectivity index (χ3v) is 3.18. The lowest BCUT2D eigenvalue weighted by Crippen LogP contribution is -2.30. The Bertz CT molecular complexity index is 159. The van der Waals surface area contributed by atoms with Crippen LogP contribution in [0.25, 0.3) is 0 Å². The van der Waals surface area contributed by atoms with Gasteiger partial charge in [-0.15, -0.1) is 0 Å². The predicted octanol–water partition coefficient (Wildman–Crippen LogP) is 2.21. The van der Waals surface area contributed by atoms with E-state index in [1.54, 1.807) is 6.92 Å². The Morgan fingerprint density at radius 2 is 1.77 bits per heavy atom. The van der Waals surface area contributed by atoms with Gasteiger partial charge in [0.1, 0.15) is 0 Å². The summed E-state index contributed by atoms with van der Waals surface area (Å²) in [5, 5.41) is 9.14. The van der Waals surface area contributed by atoms with Crippen LogP contribution in [0.5, 0.6) is 0 Å². The van der Waals surface area contributed by atoms with E-state index in [1.165, 1.54) is 12.8 Å². The van der Waals surface area contributed by atoms with E-state index in [0.717, 1.165) is 0 Å². The van der Waals surface area contributed by atoms with Gasteiger partial charge in [0.2, 0.25) is 0 Å². The summed E-state index contributed by atoms with van der Waals surface area (Å²) in [4.78, 5) is 0. The van der Waals surface area contributed by atoms with Crippen LogP contribution in [0.2, 0.25) is 0 Å². The summed E-state index contributed by atoms with van der Waals surface area (Å²) in [7, 11) is 0. The van der Waals surface area contributed by atoms with E-state index in [-0.39, 0.29) is 11.7 Å². The molecule has 13 heavy (non-hydrogen) atoms. The van der Waals surface area contributed by atoms with Crippen molar-refractivity contribution in [2.75, 3.05) is 6.61 Å². The molecule has 1 aliphatic carbocycles. The molecule has 2 atom stereocenters. The van der Waals surface area contributed by atoms with Gasteiger partial charge in [-0.3, -0.25) is 0 Å². The van der Waals surface area contributed by atoms with E-state index in [4.69, 9.17) is 9.84 Å². The molecule has 1 fully saturated rings. The molecule has 1 rings (SSSR count). The number of hydrogen-bond donors (Lipinski definition) is 1. The predicted molar refractivity (Wildman–Crippen MR) is 53.6 cm³/mol. The Morgan fingerprint density at radius 1 is 1.23 bits per heavy atom. The molecule has 0 bridgehead atoms. The molecular weight excluding hydrogens is 164 g/mol. The van der Waals surface area contributed by atoms with E-state index in [1.807, 2.05) is 0 Å². The van der Waals surface area contributed by atoms with E-state index >= 15 is 0 Å². The zero-order valence-corrected chi connectivity index (χ0v) is 9.21. The molecule has 1 aliphatic rings. The van der Waals surface area contributed by atoms with E-state index in [0.29, 0.717) is 18.4 Å². The Labute approximate surface area is 81.3 Å². The zero-order valence-electron chi connectivity index (χ0n) is 9.21. The maximum Gasteiger partial charge on any atom is 0.0745 e. The molecule has 2 heteroatoms. The van der Waals surface area contributed by atoms with Gasteiger partial charge in [-0.2, -0.15) is 0 Å². The van der Waals surface area contributed by atoms with Gasteiger partial charge >= 0.3 is 0 Å². The molecule has 0 aromatic rings. The molecule has 0 heterocycles. The Balaban J connectivity index is 2.38. The van der Waals surface area contributed by atoms with E-state index < -0.39 is 0 Å². The second kappa shape index (κ2) is 3.97.